The number of benzene rings is 2. The van der Waals surface area contributed by atoms with Gasteiger partial charge in [-0.25, -0.2) is 0 Å². The largest absolute Gasteiger partial charge is 0.494 e. The summed E-state index contributed by atoms with van der Waals surface area (Å²) in [6, 6.07) is 12.9. The number of ether oxygens (including phenoxy) is 1. The van der Waals surface area contributed by atoms with Crippen molar-refractivity contribution in [1.82, 2.24) is 4.90 Å². The fraction of sp³-hybridized carbons (Fsp3) is 0.517. The van der Waals surface area contributed by atoms with Crippen LogP contribution in [0.15, 0.2) is 42.5 Å². The average Bonchev–Trinajstić information content (AvgIpc) is 2.86. The zero-order valence-electron chi connectivity index (χ0n) is 20.5. The van der Waals surface area contributed by atoms with E-state index in [9.17, 15) is 9.59 Å². The molecule has 1 saturated carbocycles. The van der Waals surface area contributed by atoms with Crippen LogP contribution in [0.5, 0.6) is 5.75 Å². The second-order valence-electron chi connectivity index (χ2n) is 9.76. The number of fused-ring (bicyclic) bond motifs is 1. The van der Waals surface area contributed by atoms with E-state index in [1.807, 2.05) is 35.2 Å². The number of carbonyl (C=O) groups excluding carboxylic acids is 2. The molecule has 2 aliphatic rings. The van der Waals surface area contributed by atoms with Crippen LogP contribution in [-0.2, 0) is 6.42 Å². The topological polar surface area (TPSA) is 58.6 Å². The van der Waals surface area contributed by atoms with Crippen molar-refractivity contribution < 1.29 is 14.3 Å². The average molecular weight is 463 g/mol. The quantitative estimate of drug-likeness (QED) is 0.411. The standard InChI is InChI=1S/C29H38N2O3/c1-2-3-4-8-19-34-26-14-11-23(12-15-26)28(32)30-25-13-16-27-24(20-25)17-18-31(29(27)33)21-22-9-6-5-7-10-22/h11-16,20,22H,2-10,17-19,21H2,1H3,(H,30,32). The summed E-state index contributed by atoms with van der Waals surface area (Å²) in [5, 5.41) is 2.98. The SMILES string of the molecule is CCCCCCOc1ccc(C(=O)Nc2ccc3c(c2)CCN(CC2CCCCC2)C3=O)cc1. The monoisotopic (exact) mass is 462 g/mol. The molecule has 4 rings (SSSR count). The van der Waals surface area contributed by atoms with Gasteiger partial charge in [0.1, 0.15) is 5.75 Å². The van der Waals surface area contributed by atoms with E-state index in [2.05, 4.69) is 12.2 Å². The molecule has 5 heteroatoms. The predicted octanol–water partition coefficient (Wildman–Crippen LogP) is 6.48. The van der Waals surface area contributed by atoms with E-state index in [4.69, 9.17) is 4.74 Å². The van der Waals surface area contributed by atoms with E-state index in [1.165, 1.54) is 51.4 Å². The maximum Gasteiger partial charge on any atom is 0.255 e. The van der Waals surface area contributed by atoms with Gasteiger partial charge in [-0.15, -0.1) is 0 Å². The first-order chi connectivity index (χ1) is 16.6. The Morgan fingerprint density at radius 3 is 2.59 bits per heavy atom. The first kappa shape index (κ1) is 24.3. The van der Waals surface area contributed by atoms with E-state index in [1.54, 1.807) is 12.1 Å². The molecule has 0 aromatic heterocycles. The first-order valence-electron chi connectivity index (χ1n) is 13.1. The number of anilines is 1. The summed E-state index contributed by atoms with van der Waals surface area (Å²) in [5.74, 6) is 1.42. The van der Waals surface area contributed by atoms with E-state index >= 15 is 0 Å². The normalized spacial score (nSPS) is 16.3. The summed E-state index contributed by atoms with van der Waals surface area (Å²) in [4.78, 5) is 27.8. The van der Waals surface area contributed by atoms with E-state index in [0.29, 0.717) is 18.1 Å². The number of unbranched alkanes of at least 4 members (excludes halogenated alkanes) is 3. The Hall–Kier alpha value is -2.82. The van der Waals surface area contributed by atoms with Crippen molar-refractivity contribution >= 4 is 17.5 Å². The van der Waals surface area contributed by atoms with Crippen LogP contribution in [0.1, 0.15) is 91.0 Å². The lowest BCUT2D eigenvalue weighted by molar-refractivity contribution is 0.0697. The van der Waals surface area contributed by atoms with Gasteiger partial charge in [0.25, 0.3) is 11.8 Å². The van der Waals surface area contributed by atoms with Gasteiger partial charge in [-0.05, 0) is 79.6 Å². The van der Waals surface area contributed by atoms with Crippen LogP contribution in [0, 0.1) is 5.92 Å². The molecule has 0 bridgehead atoms. The number of carbonyl (C=O) groups is 2. The number of hydrogen-bond donors (Lipinski definition) is 1. The Morgan fingerprint density at radius 1 is 1.03 bits per heavy atom. The van der Waals surface area contributed by atoms with Crippen molar-refractivity contribution in [2.24, 2.45) is 5.92 Å². The molecule has 0 saturated heterocycles. The number of amides is 2. The lowest BCUT2D eigenvalue weighted by Gasteiger charge is -2.33. The molecule has 2 amide bonds. The molecule has 1 aliphatic carbocycles. The molecule has 0 radical (unpaired) electrons. The Labute approximate surface area is 203 Å². The Morgan fingerprint density at radius 2 is 1.82 bits per heavy atom. The lowest BCUT2D eigenvalue weighted by atomic mass is 9.88. The highest BCUT2D eigenvalue weighted by atomic mass is 16.5. The summed E-state index contributed by atoms with van der Waals surface area (Å²) in [7, 11) is 0. The van der Waals surface area contributed by atoms with Gasteiger partial charge in [0, 0.05) is 29.9 Å². The molecular weight excluding hydrogens is 424 g/mol. The second kappa shape index (κ2) is 12.0. The summed E-state index contributed by atoms with van der Waals surface area (Å²) in [6.45, 7) is 4.55. The van der Waals surface area contributed by atoms with Crippen molar-refractivity contribution in [3.05, 3.63) is 59.2 Å². The van der Waals surface area contributed by atoms with Crippen molar-refractivity contribution in [1.29, 1.82) is 0 Å². The van der Waals surface area contributed by atoms with Crippen LogP contribution in [0.3, 0.4) is 0 Å². The molecule has 0 spiro atoms. The fourth-order valence-corrected chi connectivity index (χ4v) is 5.09. The van der Waals surface area contributed by atoms with Gasteiger partial charge in [0.15, 0.2) is 0 Å². The molecule has 2 aromatic rings. The summed E-state index contributed by atoms with van der Waals surface area (Å²) < 4.78 is 5.77. The molecule has 1 fully saturated rings. The highest BCUT2D eigenvalue weighted by Crippen LogP contribution is 2.28. The number of nitrogens with zero attached hydrogens (tertiary/aromatic N) is 1. The van der Waals surface area contributed by atoms with Gasteiger partial charge in [0.2, 0.25) is 0 Å². The molecule has 0 unspecified atom stereocenters. The van der Waals surface area contributed by atoms with Gasteiger partial charge in [0.05, 0.1) is 6.61 Å². The Bertz CT molecular complexity index is 964. The minimum atomic E-state index is -0.157. The smallest absolute Gasteiger partial charge is 0.255 e. The van der Waals surface area contributed by atoms with Gasteiger partial charge in [-0.3, -0.25) is 9.59 Å². The zero-order chi connectivity index (χ0) is 23.8. The molecule has 1 heterocycles. The molecule has 5 nitrogen and oxygen atoms in total. The second-order valence-corrected chi connectivity index (χ2v) is 9.76. The first-order valence-corrected chi connectivity index (χ1v) is 13.1. The number of nitrogens with one attached hydrogen (secondary N) is 1. The van der Waals surface area contributed by atoms with Crippen LogP contribution >= 0.6 is 0 Å². The highest BCUT2D eigenvalue weighted by molar-refractivity contribution is 6.05. The van der Waals surface area contributed by atoms with E-state index in [-0.39, 0.29) is 11.8 Å². The third-order valence-corrected chi connectivity index (χ3v) is 7.12. The van der Waals surface area contributed by atoms with Crippen molar-refractivity contribution in [2.45, 2.75) is 71.1 Å². The van der Waals surface area contributed by atoms with Gasteiger partial charge in [-0.1, -0.05) is 45.4 Å². The fourth-order valence-electron chi connectivity index (χ4n) is 5.09. The van der Waals surface area contributed by atoms with Crippen LogP contribution in [0.4, 0.5) is 5.69 Å². The summed E-state index contributed by atoms with van der Waals surface area (Å²) >= 11 is 0. The van der Waals surface area contributed by atoms with Crippen LogP contribution in [0.25, 0.3) is 0 Å². The van der Waals surface area contributed by atoms with Gasteiger partial charge in [-0.2, -0.15) is 0 Å². The van der Waals surface area contributed by atoms with E-state index < -0.39 is 0 Å². The summed E-state index contributed by atoms with van der Waals surface area (Å²) in [6.07, 6.45) is 11.9. The maximum atomic E-state index is 13.0. The molecule has 1 aliphatic heterocycles. The molecule has 34 heavy (non-hydrogen) atoms. The third-order valence-electron chi connectivity index (χ3n) is 7.12. The minimum absolute atomic E-state index is 0.134. The molecule has 1 N–H and O–H groups in total. The molecule has 2 aromatic carbocycles. The predicted molar refractivity (Wildman–Crippen MR) is 137 cm³/mol. The van der Waals surface area contributed by atoms with Crippen LogP contribution in [0.2, 0.25) is 0 Å². The number of rotatable bonds is 10. The van der Waals surface area contributed by atoms with Crippen molar-refractivity contribution in [2.75, 3.05) is 25.0 Å². The molecule has 182 valence electrons. The van der Waals surface area contributed by atoms with E-state index in [0.717, 1.165) is 48.5 Å². The Kier molecular flexibility index (Phi) is 8.62. The molecule has 0 atom stereocenters. The van der Waals surface area contributed by atoms with Crippen LogP contribution in [-0.4, -0.2) is 36.4 Å². The van der Waals surface area contributed by atoms with Crippen LogP contribution < -0.4 is 10.1 Å². The highest BCUT2D eigenvalue weighted by Gasteiger charge is 2.27. The van der Waals surface area contributed by atoms with Crippen molar-refractivity contribution in [3.63, 3.8) is 0 Å². The summed E-state index contributed by atoms with van der Waals surface area (Å²) in [5.41, 5.74) is 3.12. The third kappa shape index (κ3) is 6.40. The maximum absolute atomic E-state index is 13.0. The lowest BCUT2D eigenvalue weighted by Crippen LogP contribution is -2.41. The van der Waals surface area contributed by atoms with Gasteiger partial charge < -0.3 is 15.0 Å². The Balaban J connectivity index is 1.31. The van der Waals surface area contributed by atoms with Crippen molar-refractivity contribution in [3.8, 4) is 5.75 Å². The molecular formula is C29H38N2O3. The number of hydrogen-bond acceptors (Lipinski definition) is 3. The zero-order valence-corrected chi connectivity index (χ0v) is 20.5. The minimum Gasteiger partial charge on any atom is -0.494 e. The van der Waals surface area contributed by atoms with Gasteiger partial charge >= 0.3 is 0 Å².